The van der Waals surface area contributed by atoms with Crippen LogP contribution in [0.1, 0.15) is 25.3 Å². The summed E-state index contributed by atoms with van der Waals surface area (Å²) in [4.78, 5) is 19.7. The van der Waals surface area contributed by atoms with E-state index in [-0.39, 0.29) is 5.91 Å². The minimum absolute atomic E-state index is 0.261. The van der Waals surface area contributed by atoms with Gasteiger partial charge >= 0.3 is 0 Å². The largest absolute Gasteiger partial charge is 0.311 e. The molecule has 0 N–H and O–H groups in total. The van der Waals surface area contributed by atoms with E-state index in [1.54, 1.807) is 0 Å². The Kier molecular flexibility index (Phi) is 3.66. The van der Waals surface area contributed by atoms with Gasteiger partial charge in [-0.15, -0.1) is 0 Å². The summed E-state index contributed by atoms with van der Waals surface area (Å²) < 4.78 is 0. The van der Waals surface area contributed by atoms with E-state index in [0.29, 0.717) is 12.6 Å². The summed E-state index contributed by atoms with van der Waals surface area (Å²) in [7, 11) is 0. The van der Waals surface area contributed by atoms with Gasteiger partial charge in [0.15, 0.2) is 0 Å². The third-order valence-corrected chi connectivity index (χ3v) is 5.39. The molecule has 1 saturated heterocycles. The lowest BCUT2D eigenvalue weighted by Crippen LogP contribution is -2.55. The third-order valence-electron chi connectivity index (χ3n) is 5.39. The second-order valence-electron chi connectivity index (χ2n) is 6.97. The Labute approximate surface area is 132 Å². The summed E-state index contributed by atoms with van der Waals surface area (Å²) in [6.45, 7) is 6.94. The van der Waals surface area contributed by atoms with Crippen LogP contribution in [-0.2, 0) is 11.2 Å². The zero-order valence-corrected chi connectivity index (χ0v) is 13.4. The molecule has 1 aliphatic carbocycles. The normalized spacial score (nSPS) is 26.2. The molecule has 0 radical (unpaired) electrons. The zero-order chi connectivity index (χ0) is 15.1. The van der Waals surface area contributed by atoms with Crippen LogP contribution in [0.3, 0.4) is 0 Å². The van der Waals surface area contributed by atoms with Gasteiger partial charge < -0.3 is 4.90 Å². The number of anilines is 1. The molecule has 118 valence electrons. The minimum atomic E-state index is 0.261. The molecule has 0 spiro atoms. The third kappa shape index (κ3) is 2.66. The fourth-order valence-electron chi connectivity index (χ4n) is 3.89. The molecule has 1 atom stereocenters. The van der Waals surface area contributed by atoms with Crippen molar-refractivity contribution in [1.82, 2.24) is 9.80 Å². The Hall–Kier alpha value is -1.39. The molecule has 1 saturated carbocycles. The van der Waals surface area contributed by atoms with E-state index >= 15 is 0 Å². The summed E-state index contributed by atoms with van der Waals surface area (Å²) >= 11 is 0. The van der Waals surface area contributed by atoms with Crippen LogP contribution >= 0.6 is 0 Å². The van der Waals surface area contributed by atoms with Gasteiger partial charge in [-0.25, -0.2) is 0 Å². The molecule has 22 heavy (non-hydrogen) atoms. The summed E-state index contributed by atoms with van der Waals surface area (Å²) in [5.41, 5.74) is 2.43. The lowest BCUT2D eigenvalue weighted by Gasteiger charge is -2.40. The van der Waals surface area contributed by atoms with Crippen molar-refractivity contribution < 1.29 is 4.79 Å². The molecule has 1 aromatic rings. The van der Waals surface area contributed by atoms with Gasteiger partial charge in [0.05, 0.1) is 6.54 Å². The minimum Gasteiger partial charge on any atom is -0.311 e. The number of para-hydroxylation sites is 1. The topological polar surface area (TPSA) is 26.8 Å². The maximum atomic E-state index is 12.7. The molecule has 2 fully saturated rings. The standard InChI is InChI=1S/C18H25N3O/c1-14-12-20(16-6-7-16)11-10-19(14)13-18(22)21-9-8-15-4-2-3-5-17(15)21/h2-5,14,16H,6-13H2,1H3. The highest BCUT2D eigenvalue weighted by atomic mass is 16.2. The molecular formula is C18H25N3O. The van der Waals surface area contributed by atoms with Crippen LogP contribution < -0.4 is 4.90 Å². The molecule has 1 unspecified atom stereocenters. The lowest BCUT2D eigenvalue weighted by molar-refractivity contribution is -0.120. The molecule has 2 heterocycles. The molecule has 2 aliphatic heterocycles. The van der Waals surface area contributed by atoms with E-state index in [0.717, 1.165) is 44.3 Å². The Balaban J connectivity index is 1.38. The Morgan fingerprint density at radius 3 is 2.77 bits per heavy atom. The summed E-state index contributed by atoms with van der Waals surface area (Å²) in [5.74, 6) is 0.261. The second-order valence-corrected chi connectivity index (χ2v) is 6.97. The SMILES string of the molecule is CC1CN(C2CC2)CCN1CC(=O)N1CCc2ccccc21. The fraction of sp³-hybridized carbons (Fsp3) is 0.611. The van der Waals surface area contributed by atoms with Gasteiger partial charge in [0.1, 0.15) is 0 Å². The highest BCUT2D eigenvalue weighted by Crippen LogP contribution is 2.30. The maximum Gasteiger partial charge on any atom is 0.241 e. The van der Waals surface area contributed by atoms with Gasteiger partial charge in [-0.3, -0.25) is 14.6 Å². The quantitative estimate of drug-likeness (QED) is 0.851. The molecule has 3 aliphatic rings. The molecule has 4 heteroatoms. The molecule has 4 nitrogen and oxygen atoms in total. The summed E-state index contributed by atoms with van der Waals surface area (Å²) in [5, 5.41) is 0. The summed E-state index contributed by atoms with van der Waals surface area (Å²) in [6.07, 6.45) is 3.74. The second kappa shape index (κ2) is 5.67. The number of carbonyl (C=O) groups excluding carboxylic acids is 1. The van der Waals surface area contributed by atoms with E-state index in [1.165, 1.54) is 18.4 Å². The van der Waals surface area contributed by atoms with Crippen LogP contribution in [0.2, 0.25) is 0 Å². The van der Waals surface area contributed by atoms with Crippen LogP contribution in [0.15, 0.2) is 24.3 Å². The molecule has 1 amide bonds. The van der Waals surface area contributed by atoms with Crippen molar-refractivity contribution in [1.29, 1.82) is 0 Å². The van der Waals surface area contributed by atoms with Gasteiger partial charge in [0, 0.05) is 44.0 Å². The van der Waals surface area contributed by atoms with Crippen molar-refractivity contribution in [2.75, 3.05) is 37.6 Å². The van der Waals surface area contributed by atoms with E-state index in [4.69, 9.17) is 0 Å². The number of piperazine rings is 1. The molecule has 1 aromatic carbocycles. The Morgan fingerprint density at radius 2 is 2.00 bits per heavy atom. The van der Waals surface area contributed by atoms with E-state index in [2.05, 4.69) is 34.9 Å². The van der Waals surface area contributed by atoms with Crippen molar-refractivity contribution in [2.24, 2.45) is 0 Å². The van der Waals surface area contributed by atoms with Crippen molar-refractivity contribution in [2.45, 2.75) is 38.3 Å². The van der Waals surface area contributed by atoms with Crippen LogP contribution in [-0.4, -0.2) is 60.5 Å². The number of amides is 1. The first kappa shape index (κ1) is 14.2. The molecule has 4 rings (SSSR count). The number of nitrogens with zero attached hydrogens (tertiary/aromatic N) is 3. The average Bonchev–Trinajstić information content (AvgIpc) is 3.28. The van der Waals surface area contributed by atoms with E-state index in [1.807, 2.05) is 11.0 Å². The Bertz CT molecular complexity index is 569. The number of hydrogen-bond acceptors (Lipinski definition) is 3. The first-order chi connectivity index (χ1) is 10.7. The van der Waals surface area contributed by atoms with Crippen molar-refractivity contribution in [3.63, 3.8) is 0 Å². The molecular weight excluding hydrogens is 274 g/mol. The van der Waals surface area contributed by atoms with Crippen LogP contribution in [0.25, 0.3) is 0 Å². The highest BCUT2D eigenvalue weighted by molar-refractivity contribution is 5.96. The van der Waals surface area contributed by atoms with Gasteiger partial charge in [-0.05, 0) is 37.8 Å². The molecule has 0 bridgehead atoms. The van der Waals surface area contributed by atoms with Crippen molar-refractivity contribution >= 4 is 11.6 Å². The molecule has 0 aromatic heterocycles. The van der Waals surface area contributed by atoms with Crippen molar-refractivity contribution in [3.05, 3.63) is 29.8 Å². The predicted molar refractivity (Wildman–Crippen MR) is 88.1 cm³/mol. The number of carbonyl (C=O) groups is 1. The average molecular weight is 299 g/mol. The maximum absolute atomic E-state index is 12.7. The monoisotopic (exact) mass is 299 g/mol. The lowest BCUT2D eigenvalue weighted by atomic mass is 10.1. The summed E-state index contributed by atoms with van der Waals surface area (Å²) in [6, 6.07) is 9.63. The van der Waals surface area contributed by atoms with Gasteiger partial charge in [0.25, 0.3) is 0 Å². The first-order valence-electron chi connectivity index (χ1n) is 8.59. The van der Waals surface area contributed by atoms with Crippen LogP contribution in [0, 0.1) is 0 Å². The highest BCUT2D eigenvalue weighted by Gasteiger charge is 2.35. The number of hydrogen-bond donors (Lipinski definition) is 0. The number of rotatable bonds is 3. The number of fused-ring (bicyclic) bond motifs is 1. The zero-order valence-electron chi connectivity index (χ0n) is 13.4. The fourth-order valence-corrected chi connectivity index (χ4v) is 3.89. The van der Waals surface area contributed by atoms with Gasteiger partial charge in [-0.1, -0.05) is 18.2 Å². The predicted octanol–water partition coefficient (Wildman–Crippen LogP) is 1.74. The van der Waals surface area contributed by atoms with Crippen LogP contribution in [0.5, 0.6) is 0 Å². The van der Waals surface area contributed by atoms with Gasteiger partial charge in [0.2, 0.25) is 5.91 Å². The van der Waals surface area contributed by atoms with Crippen molar-refractivity contribution in [3.8, 4) is 0 Å². The Morgan fingerprint density at radius 1 is 1.18 bits per heavy atom. The smallest absolute Gasteiger partial charge is 0.241 e. The van der Waals surface area contributed by atoms with Crippen LogP contribution in [0.4, 0.5) is 5.69 Å². The van der Waals surface area contributed by atoms with E-state index < -0.39 is 0 Å². The first-order valence-corrected chi connectivity index (χ1v) is 8.59. The van der Waals surface area contributed by atoms with Gasteiger partial charge in [-0.2, -0.15) is 0 Å². The number of benzene rings is 1. The van der Waals surface area contributed by atoms with E-state index in [9.17, 15) is 4.79 Å².